The minimum Gasteiger partial charge on any atom is -0.495 e. The Bertz CT molecular complexity index is 636. The predicted molar refractivity (Wildman–Crippen MR) is 83.3 cm³/mol. The summed E-state index contributed by atoms with van der Waals surface area (Å²) in [6.45, 7) is 2.92. The number of benzene rings is 1. The van der Waals surface area contributed by atoms with Crippen LogP contribution in [0.2, 0.25) is 0 Å². The first-order valence-corrected chi connectivity index (χ1v) is 7.11. The average molecular weight is 283 g/mol. The largest absolute Gasteiger partial charge is 0.495 e. The van der Waals surface area contributed by atoms with Gasteiger partial charge in [0.15, 0.2) is 0 Å². The molecule has 2 rings (SSSR count). The maximum absolute atomic E-state index is 9.14. The SMILES string of the molecule is CCC(NC)c1ccn(Cc2ccc(OC)c(C#N)c2)c1. The topological polar surface area (TPSA) is 50.0 Å². The van der Waals surface area contributed by atoms with E-state index in [1.807, 2.05) is 25.2 Å². The summed E-state index contributed by atoms with van der Waals surface area (Å²) in [7, 11) is 3.56. The van der Waals surface area contributed by atoms with Crippen LogP contribution in [0.15, 0.2) is 36.7 Å². The number of rotatable bonds is 6. The number of nitriles is 1. The van der Waals surface area contributed by atoms with Crippen molar-refractivity contribution in [3.63, 3.8) is 0 Å². The molecule has 0 bridgehead atoms. The van der Waals surface area contributed by atoms with Crippen LogP contribution in [0, 0.1) is 11.3 Å². The molecule has 0 aliphatic heterocycles. The molecule has 1 aromatic heterocycles. The van der Waals surface area contributed by atoms with Gasteiger partial charge < -0.3 is 14.6 Å². The van der Waals surface area contributed by atoms with Crippen LogP contribution in [0.4, 0.5) is 0 Å². The number of ether oxygens (including phenoxy) is 1. The molecule has 0 fully saturated rings. The molecule has 0 saturated heterocycles. The molecule has 0 amide bonds. The summed E-state index contributed by atoms with van der Waals surface area (Å²) in [5, 5.41) is 12.4. The van der Waals surface area contributed by atoms with Crippen molar-refractivity contribution >= 4 is 0 Å². The maximum atomic E-state index is 9.14. The van der Waals surface area contributed by atoms with E-state index in [-0.39, 0.29) is 0 Å². The van der Waals surface area contributed by atoms with E-state index in [0.29, 0.717) is 17.4 Å². The lowest BCUT2D eigenvalue weighted by Gasteiger charge is -2.11. The Morgan fingerprint density at radius 3 is 2.81 bits per heavy atom. The highest BCUT2D eigenvalue weighted by Crippen LogP contribution is 2.21. The monoisotopic (exact) mass is 283 g/mol. The van der Waals surface area contributed by atoms with Gasteiger partial charge in [-0.15, -0.1) is 0 Å². The molecule has 0 aliphatic carbocycles. The van der Waals surface area contributed by atoms with Crippen LogP contribution < -0.4 is 10.1 Å². The van der Waals surface area contributed by atoms with Crippen LogP contribution in [0.1, 0.15) is 36.1 Å². The van der Waals surface area contributed by atoms with Crippen molar-refractivity contribution in [1.29, 1.82) is 5.26 Å². The van der Waals surface area contributed by atoms with Gasteiger partial charge in [-0.3, -0.25) is 0 Å². The second kappa shape index (κ2) is 6.96. The molecular formula is C17H21N3O. The van der Waals surface area contributed by atoms with Crippen molar-refractivity contribution in [2.24, 2.45) is 0 Å². The first-order valence-electron chi connectivity index (χ1n) is 7.11. The van der Waals surface area contributed by atoms with Crippen molar-refractivity contribution in [3.8, 4) is 11.8 Å². The van der Waals surface area contributed by atoms with Gasteiger partial charge in [0.05, 0.1) is 12.7 Å². The fourth-order valence-corrected chi connectivity index (χ4v) is 2.52. The molecule has 4 nitrogen and oxygen atoms in total. The molecule has 4 heteroatoms. The van der Waals surface area contributed by atoms with Crippen LogP contribution in [-0.4, -0.2) is 18.7 Å². The van der Waals surface area contributed by atoms with E-state index in [0.717, 1.165) is 18.5 Å². The summed E-state index contributed by atoms with van der Waals surface area (Å²) in [5.74, 6) is 0.621. The Hall–Kier alpha value is -2.25. The van der Waals surface area contributed by atoms with Crippen molar-refractivity contribution in [1.82, 2.24) is 9.88 Å². The lowest BCUT2D eigenvalue weighted by Crippen LogP contribution is -2.14. The van der Waals surface area contributed by atoms with Crippen molar-refractivity contribution < 1.29 is 4.74 Å². The second-order valence-corrected chi connectivity index (χ2v) is 5.01. The first kappa shape index (κ1) is 15.1. The molecule has 1 heterocycles. The molecule has 0 aliphatic rings. The van der Waals surface area contributed by atoms with E-state index < -0.39 is 0 Å². The minimum absolute atomic E-state index is 0.386. The molecule has 1 atom stereocenters. The van der Waals surface area contributed by atoms with E-state index in [1.165, 1.54) is 5.56 Å². The normalized spacial score (nSPS) is 11.9. The highest BCUT2D eigenvalue weighted by atomic mass is 16.5. The molecular weight excluding hydrogens is 262 g/mol. The molecule has 0 radical (unpaired) electrons. The highest BCUT2D eigenvalue weighted by molar-refractivity contribution is 5.45. The quantitative estimate of drug-likeness (QED) is 0.886. The zero-order valence-electron chi connectivity index (χ0n) is 12.8. The zero-order valence-corrected chi connectivity index (χ0v) is 12.8. The Kier molecular flexibility index (Phi) is 5.02. The lowest BCUT2D eigenvalue weighted by molar-refractivity contribution is 0.413. The number of nitrogens with one attached hydrogen (secondary N) is 1. The molecule has 2 aromatic rings. The molecule has 1 aromatic carbocycles. The van der Waals surface area contributed by atoms with Crippen LogP contribution in [0.3, 0.4) is 0 Å². The number of hydrogen-bond donors (Lipinski definition) is 1. The smallest absolute Gasteiger partial charge is 0.136 e. The summed E-state index contributed by atoms with van der Waals surface area (Å²) in [6.07, 6.45) is 5.29. The molecule has 1 unspecified atom stereocenters. The van der Waals surface area contributed by atoms with Gasteiger partial charge in [-0.05, 0) is 42.8 Å². The van der Waals surface area contributed by atoms with Gasteiger partial charge in [0, 0.05) is 25.0 Å². The van der Waals surface area contributed by atoms with Gasteiger partial charge >= 0.3 is 0 Å². The Labute approximate surface area is 126 Å². The van der Waals surface area contributed by atoms with Gasteiger partial charge in [-0.25, -0.2) is 0 Å². The first-order chi connectivity index (χ1) is 10.2. The third-order valence-electron chi connectivity index (χ3n) is 3.68. The molecule has 0 spiro atoms. The zero-order chi connectivity index (χ0) is 15.2. The molecule has 21 heavy (non-hydrogen) atoms. The van der Waals surface area contributed by atoms with E-state index >= 15 is 0 Å². The van der Waals surface area contributed by atoms with Crippen molar-refractivity contribution in [2.75, 3.05) is 14.2 Å². The van der Waals surface area contributed by atoms with Crippen molar-refractivity contribution in [3.05, 3.63) is 53.3 Å². The molecule has 110 valence electrons. The summed E-state index contributed by atoms with van der Waals surface area (Å²) in [6, 6.07) is 10.4. The van der Waals surface area contributed by atoms with Crippen LogP contribution in [-0.2, 0) is 6.54 Å². The van der Waals surface area contributed by atoms with Gasteiger partial charge in [-0.2, -0.15) is 5.26 Å². The van der Waals surface area contributed by atoms with Gasteiger partial charge in [-0.1, -0.05) is 13.0 Å². The third-order valence-corrected chi connectivity index (χ3v) is 3.68. The lowest BCUT2D eigenvalue weighted by atomic mass is 10.1. The molecule has 0 saturated carbocycles. The van der Waals surface area contributed by atoms with E-state index in [4.69, 9.17) is 10.00 Å². The minimum atomic E-state index is 0.386. The number of methoxy groups -OCH3 is 1. The predicted octanol–water partition coefficient (Wildman–Crippen LogP) is 3.09. The van der Waals surface area contributed by atoms with Crippen LogP contribution >= 0.6 is 0 Å². The fraction of sp³-hybridized carbons (Fsp3) is 0.353. The second-order valence-electron chi connectivity index (χ2n) is 5.01. The van der Waals surface area contributed by atoms with Gasteiger partial charge in [0.2, 0.25) is 0 Å². The summed E-state index contributed by atoms with van der Waals surface area (Å²) in [4.78, 5) is 0. The van der Waals surface area contributed by atoms with E-state index in [2.05, 4.69) is 41.3 Å². The van der Waals surface area contributed by atoms with Gasteiger partial charge in [0.1, 0.15) is 11.8 Å². The van der Waals surface area contributed by atoms with Crippen LogP contribution in [0.5, 0.6) is 5.75 Å². The van der Waals surface area contributed by atoms with E-state index in [1.54, 1.807) is 7.11 Å². The van der Waals surface area contributed by atoms with E-state index in [9.17, 15) is 0 Å². The standard InChI is InChI=1S/C17H21N3O/c1-4-16(19-2)14-7-8-20(12-14)11-13-5-6-17(21-3)15(9-13)10-18/h5-9,12,16,19H,4,11H2,1-3H3. The number of hydrogen-bond acceptors (Lipinski definition) is 3. The average Bonchev–Trinajstić information content (AvgIpc) is 2.96. The van der Waals surface area contributed by atoms with Crippen molar-refractivity contribution in [2.45, 2.75) is 25.9 Å². The summed E-state index contributed by atoms with van der Waals surface area (Å²) >= 11 is 0. The van der Waals surface area contributed by atoms with Gasteiger partial charge in [0.25, 0.3) is 0 Å². The fourth-order valence-electron chi connectivity index (χ4n) is 2.52. The number of aromatic nitrogens is 1. The Morgan fingerprint density at radius 2 is 2.19 bits per heavy atom. The summed E-state index contributed by atoms with van der Waals surface area (Å²) in [5.41, 5.74) is 2.95. The maximum Gasteiger partial charge on any atom is 0.136 e. The summed E-state index contributed by atoms with van der Waals surface area (Å²) < 4.78 is 7.31. The Balaban J connectivity index is 2.17. The Morgan fingerprint density at radius 1 is 1.38 bits per heavy atom. The highest BCUT2D eigenvalue weighted by Gasteiger charge is 2.09. The third kappa shape index (κ3) is 3.45. The number of nitrogens with zero attached hydrogens (tertiary/aromatic N) is 2. The van der Waals surface area contributed by atoms with Crippen LogP contribution in [0.25, 0.3) is 0 Å². The molecule has 1 N–H and O–H groups in total.